The van der Waals surface area contributed by atoms with Crippen LogP contribution in [0.2, 0.25) is 0 Å². The predicted molar refractivity (Wildman–Crippen MR) is 63.8 cm³/mol. The molecule has 1 saturated carbocycles. The van der Waals surface area contributed by atoms with Gasteiger partial charge in [-0.2, -0.15) is 0 Å². The standard InChI is InChI=1S/C11H14IN/c1-8-9(3-2-4-11(8)12)7-13-10-5-6-10/h2-4,10,13H,5-7H2,1H3. The second-order valence-electron chi connectivity index (χ2n) is 3.68. The van der Waals surface area contributed by atoms with Crippen LogP contribution in [-0.4, -0.2) is 6.04 Å². The van der Waals surface area contributed by atoms with Crippen LogP contribution in [0.25, 0.3) is 0 Å². The first-order valence-electron chi connectivity index (χ1n) is 4.75. The smallest absolute Gasteiger partial charge is 0.0211 e. The quantitative estimate of drug-likeness (QED) is 0.843. The molecule has 0 radical (unpaired) electrons. The Balaban J connectivity index is 2.05. The number of hydrogen-bond donors (Lipinski definition) is 1. The van der Waals surface area contributed by atoms with Gasteiger partial charge in [-0.05, 0) is 59.5 Å². The number of halogens is 1. The maximum atomic E-state index is 3.54. The van der Waals surface area contributed by atoms with E-state index in [9.17, 15) is 0 Å². The summed E-state index contributed by atoms with van der Waals surface area (Å²) in [6, 6.07) is 7.32. The molecular weight excluding hydrogens is 273 g/mol. The monoisotopic (exact) mass is 287 g/mol. The lowest BCUT2D eigenvalue weighted by atomic mass is 10.1. The number of nitrogens with one attached hydrogen (secondary N) is 1. The molecule has 1 N–H and O–H groups in total. The van der Waals surface area contributed by atoms with Crippen molar-refractivity contribution in [2.45, 2.75) is 32.4 Å². The number of hydrogen-bond acceptors (Lipinski definition) is 1. The zero-order chi connectivity index (χ0) is 9.26. The van der Waals surface area contributed by atoms with E-state index in [0.29, 0.717) is 0 Å². The Labute approximate surface area is 93.1 Å². The van der Waals surface area contributed by atoms with Gasteiger partial charge in [0.15, 0.2) is 0 Å². The fourth-order valence-electron chi connectivity index (χ4n) is 1.39. The maximum Gasteiger partial charge on any atom is 0.0211 e. The average Bonchev–Trinajstić information content (AvgIpc) is 2.91. The SMILES string of the molecule is Cc1c(I)cccc1CNC1CC1. The van der Waals surface area contributed by atoms with E-state index in [1.807, 2.05) is 0 Å². The third-order valence-electron chi connectivity index (χ3n) is 2.54. The summed E-state index contributed by atoms with van der Waals surface area (Å²) in [5.74, 6) is 0. The fraction of sp³-hybridized carbons (Fsp3) is 0.455. The molecule has 0 saturated heterocycles. The van der Waals surface area contributed by atoms with E-state index in [-0.39, 0.29) is 0 Å². The van der Waals surface area contributed by atoms with E-state index in [1.165, 1.54) is 27.5 Å². The van der Waals surface area contributed by atoms with Gasteiger partial charge in [-0.25, -0.2) is 0 Å². The average molecular weight is 287 g/mol. The van der Waals surface area contributed by atoms with Crippen LogP contribution < -0.4 is 5.32 Å². The van der Waals surface area contributed by atoms with Gasteiger partial charge in [-0.3, -0.25) is 0 Å². The summed E-state index contributed by atoms with van der Waals surface area (Å²) in [6.45, 7) is 3.24. The van der Waals surface area contributed by atoms with Gasteiger partial charge in [0.2, 0.25) is 0 Å². The highest BCUT2D eigenvalue weighted by Crippen LogP contribution is 2.21. The summed E-state index contributed by atoms with van der Waals surface area (Å²) in [6.07, 6.45) is 2.73. The molecule has 70 valence electrons. The van der Waals surface area contributed by atoms with Crippen molar-refractivity contribution in [1.29, 1.82) is 0 Å². The van der Waals surface area contributed by atoms with Crippen LogP contribution in [0.3, 0.4) is 0 Å². The first-order chi connectivity index (χ1) is 6.27. The van der Waals surface area contributed by atoms with Gasteiger partial charge in [0, 0.05) is 16.2 Å². The molecule has 0 unspecified atom stereocenters. The van der Waals surface area contributed by atoms with Crippen molar-refractivity contribution in [2.75, 3.05) is 0 Å². The second-order valence-corrected chi connectivity index (χ2v) is 4.84. The number of benzene rings is 1. The molecule has 0 heterocycles. The Hall–Kier alpha value is -0.0900. The minimum absolute atomic E-state index is 0.803. The van der Waals surface area contributed by atoms with E-state index in [1.54, 1.807) is 0 Å². The summed E-state index contributed by atoms with van der Waals surface area (Å²) in [4.78, 5) is 0. The van der Waals surface area contributed by atoms with Crippen LogP contribution in [0.15, 0.2) is 18.2 Å². The highest BCUT2D eigenvalue weighted by molar-refractivity contribution is 14.1. The van der Waals surface area contributed by atoms with Gasteiger partial charge in [-0.1, -0.05) is 12.1 Å². The highest BCUT2D eigenvalue weighted by Gasteiger charge is 2.20. The molecule has 0 aromatic heterocycles. The molecular formula is C11H14IN. The van der Waals surface area contributed by atoms with E-state index < -0.39 is 0 Å². The molecule has 2 rings (SSSR count). The minimum atomic E-state index is 0.803. The zero-order valence-electron chi connectivity index (χ0n) is 7.81. The van der Waals surface area contributed by atoms with Crippen molar-refractivity contribution in [1.82, 2.24) is 5.32 Å². The molecule has 1 aromatic carbocycles. The second kappa shape index (κ2) is 3.96. The van der Waals surface area contributed by atoms with Crippen LogP contribution >= 0.6 is 22.6 Å². The first kappa shape index (κ1) is 9.46. The largest absolute Gasteiger partial charge is 0.310 e. The normalized spacial score (nSPS) is 16.2. The molecule has 1 aromatic rings. The van der Waals surface area contributed by atoms with Gasteiger partial charge >= 0.3 is 0 Å². The van der Waals surface area contributed by atoms with E-state index in [4.69, 9.17) is 0 Å². The predicted octanol–water partition coefficient (Wildman–Crippen LogP) is 2.85. The van der Waals surface area contributed by atoms with E-state index >= 15 is 0 Å². The Morgan fingerprint density at radius 1 is 1.46 bits per heavy atom. The highest BCUT2D eigenvalue weighted by atomic mass is 127. The summed E-state index contributed by atoms with van der Waals surface area (Å²) in [5, 5.41) is 3.54. The van der Waals surface area contributed by atoms with Crippen LogP contribution in [0.4, 0.5) is 0 Å². The third kappa shape index (κ3) is 2.44. The van der Waals surface area contributed by atoms with Crippen LogP contribution in [-0.2, 0) is 6.54 Å². The van der Waals surface area contributed by atoms with Crippen LogP contribution in [0, 0.1) is 10.5 Å². The van der Waals surface area contributed by atoms with Gasteiger partial charge in [-0.15, -0.1) is 0 Å². The molecule has 1 nitrogen and oxygen atoms in total. The molecule has 1 aliphatic carbocycles. The molecule has 0 spiro atoms. The molecule has 2 heteroatoms. The summed E-state index contributed by atoms with van der Waals surface area (Å²) >= 11 is 2.39. The van der Waals surface area contributed by atoms with Crippen molar-refractivity contribution in [2.24, 2.45) is 0 Å². The van der Waals surface area contributed by atoms with Crippen molar-refractivity contribution in [3.8, 4) is 0 Å². The fourth-order valence-corrected chi connectivity index (χ4v) is 1.94. The third-order valence-corrected chi connectivity index (χ3v) is 3.71. The molecule has 1 fully saturated rings. The minimum Gasteiger partial charge on any atom is -0.310 e. The van der Waals surface area contributed by atoms with Crippen molar-refractivity contribution in [3.63, 3.8) is 0 Å². The van der Waals surface area contributed by atoms with Crippen molar-refractivity contribution in [3.05, 3.63) is 32.9 Å². The first-order valence-corrected chi connectivity index (χ1v) is 5.82. The molecule has 0 aliphatic heterocycles. The lowest BCUT2D eigenvalue weighted by molar-refractivity contribution is 0.685. The van der Waals surface area contributed by atoms with Gasteiger partial charge in [0.1, 0.15) is 0 Å². The molecule has 0 amide bonds. The lowest BCUT2D eigenvalue weighted by Crippen LogP contribution is -2.16. The summed E-state index contributed by atoms with van der Waals surface area (Å²) < 4.78 is 1.37. The van der Waals surface area contributed by atoms with Crippen molar-refractivity contribution < 1.29 is 0 Å². The maximum absolute atomic E-state index is 3.54. The Kier molecular flexibility index (Phi) is 2.89. The van der Waals surface area contributed by atoms with Crippen molar-refractivity contribution >= 4 is 22.6 Å². The van der Waals surface area contributed by atoms with Crippen LogP contribution in [0.1, 0.15) is 24.0 Å². The topological polar surface area (TPSA) is 12.0 Å². The van der Waals surface area contributed by atoms with Gasteiger partial charge in [0.25, 0.3) is 0 Å². The zero-order valence-corrected chi connectivity index (χ0v) is 9.97. The summed E-state index contributed by atoms with van der Waals surface area (Å²) in [5.41, 5.74) is 2.87. The Morgan fingerprint density at radius 3 is 2.92 bits per heavy atom. The van der Waals surface area contributed by atoms with E-state index in [2.05, 4.69) is 53.0 Å². The van der Waals surface area contributed by atoms with E-state index in [0.717, 1.165) is 12.6 Å². The Morgan fingerprint density at radius 2 is 2.23 bits per heavy atom. The molecule has 13 heavy (non-hydrogen) atoms. The molecule has 0 atom stereocenters. The lowest BCUT2D eigenvalue weighted by Gasteiger charge is -2.07. The van der Waals surface area contributed by atoms with Crippen LogP contribution in [0.5, 0.6) is 0 Å². The summed E-state index contributed by atoms with van der Waals surface area (Å²) in [7, 11) is 0. The van der Waals surface area contributed by atoms with Gasteiger partial charge < -0.3 is 5.32 Å². The molecule has 0 bridgehead atoms. The Bertz CT molecular complexity index is 305. The van der Waals surface area contributed by atoms with Gasteiger partial charge in [0.05, 0.1) is 0 Å². The number of rotatable bonds is 3. The molecule has 1 aliphatic rings.